The van der Waals surface area contributed by atoms with Crippen LogP contribution in [0.15, 0.2) is 18.2 Å². The first-order valence-corrected chi connectivity index (χ1v) is 9.55. The minimum absolute atomic E-state index is 0.181. The highest BCUT2D eigenvalue weighted by Crippen LogP contribution is 2.36. The maximum atomic E-state index is 11.9. The largest absolute Gasteiger partial charge is 0.319 e. The fraction of sp³-hybridized carbons (Fsp3) is 0.400. The van der Waals surface area contributed by atoms with Crippen molar-refractivity contribution in [1.29, 1.82) is 0 Å². The molecule has 0 N–H and O–H groups in total. The first-order chi connectivity index (χ1) is 6.30. The lowest BCUT2D eigenvalue weighted by Crippen LogP contribution is -2.11. The normalized spacial score (nSPS) is 12.1. The Morgan fingerprint density at radius 1 is 1.21 bits per heavy atom. The van der Waals surface area contributed by atoms with Crippen LogP contribution < -0.4 is 10.6 Å². The van der Waals surface area contributed by atoms with Crippen molar-refractivity contribution in [2.45, 2.75) is 0 Å². The van der Waals surface area contributed by atoms with Gasteiger partial charge in [0.15, 0.2) is 0 Å². The Bertz CT molecular complexity index is 382. The molecule has 0 atom stereocenters. The molecular weight excluding hydrogens is 234 g/mol. The Kier molecular flexibility index (Phi) is 3.81. The van der Waals surface area contributed by atoms with Gasteiger partial charge in [0.25, 0.3) is 0 Å². The third-order valence-corrected chi connectivity index (χ3v) is 5.02. The third kappa shape index (κ3) is 3.09. The molecule has 1 aromatic rings. The molecule has 0 spiro atoms. The summed E-state index contributed by atoms with van der Waals surface area (Å²) < 4.78 is 11.9. The van der Waals surface area contributed by atoms with E-state index in [0.717, 1.165) is 5.30 Å². The summed E-state index contributed by atoms with van der Waals surface area (Å²) in [4.78, 5) is 0. The summed E-state index contributed by atoms with van der Waals surface area (Å²) in [6.07, 6.45) is 0. The Morgan fingerprint density at radius 2 is 1.79 bits per heavy atom. The highest BCUT2D eigenvalue weighted by Gasteiger charge is 2.13. The van der Waals surface area contributed by atoms with Crippen molar-refractivity contribution < 1.29 is 4.57 Å². The van der Waals surface area contributed by atoms with Crippen molar-refractivity contribution in [3.8, 4) is 0 Å². The zero-order valence-electron chi connectivity index (χ0n) is 8.91. The van der Waals surface area contributed by atoms with E-state index in [1.54, 1.807) is 13.3 Å². The summed E-state index contributed by atoms with van der Waals surface area (Å²) in [6, 6.07) is 5.80. The summed E-state index contributed by atoms with van der Waals surface area (Å²) >= 11 is 5.99. The predicted molar refractivity (Wildman–Crippen MR) is 68.9 cm³/mol. The molecule has 0 unspecified atom stereocenters. The van der Waals surface area contributed by atoms with E-state index in [0.29, 0.717) is 5.02 Å². The molecular formula is C10H15ClOP2. The van der Waals surface area contributed by atoms with Gasteiger partial charge in [0.2, 0.25) is 0 Å². The summed E-state index contributed by atoms with van der Waals surface area (Å²) in [6.45, 7) is 7.88. The Balaban J connectivity index is 3.28. The quantitative estimate of drug-likeness (QED) is 0.736. The minimum Gasteiger partial charge on any atom is -0.319 e. The van der Waals surface area contributed by atoms with Crippen molar-refractivity contribution in [1.82, 2.24) is 0 Å². The van der Waals surface area contributed by atoms with Crippen LogP contribution in [-0.2, 0) is 4.57 Å². The maximum Gasteiger partial charge on any atom is 0.109 e. The van der Waals surface area contributed by atoms with Crippen LogP contribution in [0.2, 0.25) is 5.02 Å². The van der Waals surface area contributed by atoms with E-state index >= 15 is 0 Å². The predicted octanol–water partition coefficient (Wildman–Crippen LogP) is 2.95. The van der Waals surface area contributed by atoms with Gasteiger partial charge in [0.1, 0.15) is 7.14 Å². The molecule has 0 aromatic heterocycles. The van der Waals surface area contributed by atoms with Crippen molar-refractivity contribution in [2.24, 2.45) is 0 Å². The van der Waals surface area contributed by atoms with Crippen LogP contribution >= 0.6 is 26.7 Å². The average molecular weight is 249 g/mol. The van der Waals surface area contributed by atoms with Crippen molar-refractivity contribution in [3.05, 3.63) is 23.2 Å². The molecule has 0 bridgehead atoms. The molecule has 1 aromatic carbocycles. The van der Waals surface area contributed by atoms with Crippen LogP contribution in [-0.4, -0.2) is 26.7 Å². The van der Waals surface area contributed by atoms with E-state index in [9.17, 15) is 4.57 Å². The molecule has 1 nitrogen and oxygen atoms in total. The molecule has 4 heteroatoms. The summed E-state index contributed by atoms with van der Waals surface area (Å²) in [7, 11) is -2.37. The SMILES string of the molecule is CP(C)c1cc(Cl)cc(P(C)(C)=O)c1. The summed E-state index contributed by atoms with van der Waals surface area (Å²) in [5.41, 5.74) is 0. The first-order valence-electron chi connectivity index (χ1n) is 4.34. The lowest BCUT2D eigenvalue weighted by atomic mass is 10.4. The van der Waals surface area contributed by atoms with Gasteiger partial charge in [-0.2, -0.15) is 0 Å². The van der Waals surface area contributed by atoms with Gasteiger partial charge in [-0.25, -0.2) is 0 Å². The molecule has 1 rings (SSSR count). The van der Waals surface area contributed by atoms with Crippen LogP contribution in [0, 0.1) is 0 Å². The van der Waals surface area contributed by atoms with Gasteiger partial charge in [0, 0.05) is 10.3 Å². The van der Waals surface area contributed by atoms with Crippen molar-refractivity contribution in [2.75, 3.05) is 26.7 Å². The zero-order valence-corrected chi connectivity index (χ0v) is 11.5. The molecule has 0 fully saturated rings. The van der Waals surface area contributed by atoms with Gasteiger partial charge in [0.05, 0.1) is 0 Å². The second kappa shape index (κ2) is 4.35. The molecule has 14 heavy (non-hydrogen) atoms. The van der Waals surface area contributed by atoms with E-state index < -0.39 is 7.14 Å². The van der Waals surface area contributed by atoms with Crippen molar-refractivity contribution in [3.63, 3.8) is 0 Å². The Labute approximate surface area is 92.0 Å². The number of hydrogen-bond acceptors (Lipinski definition) is 1. The van der Waals surface area contributed by atoms with E-state index in [1.165, 1.54) is 5.30 Å². The van der Waals surface area contributed by atoms with Gasteiger partial charge in [-0.05, 0) is 50.2 Å². The van der Waals surface area contributed by atoms with Crippen LogP contribution in [0.5, 0.6) is 0 Å². The number of rotatable bonds is 2. The smallest absolute Gasteiger partial charge is 0.109 e. The molecule has 0 aliphatic rings. The highest BCUT2D eigenvalue weighted by atomic mass is 35.5. The Hall–Kier alpha value is 0.170. The second-order valence-corrected chi connectivity index (χ2v) is 9.87. The fourth-order valence-electron chi connectivity index (χ4n) is 1.13. The highest BCUT2D eigenvalue weighted by molar-refractivity contribution is 7.70. The molecule has 0 heterocycles. The lowest BCUT2D eigenvalue weighted by molar-refractivity contribution is 0.588. The lowest BCUT2D eigenvalue weighted by Gasteiger charge is -2.12. The topological polar surface area (TPSA) is 17.1 Å². The van der Waals surface area contributed by atoms with Crippen LogP contribution in [0.3, 0.4) is 0 Å². The molecule has 78 valence electrons. The molecule has 0 radical (unpaired) electrons. The molecule has 0 aliphatic heterocycles. The van der Waals surface area contributed by atoms with E-state index in [-0.39, 0.29) is 7.92 Å². The van der Waals surface area contributed by atoms with Crippen LogP contribution in [0.25, 0.3) is 0 Å². The number of benzene rings is 1. The third-order valence-electron chi connectivity index (χ3n) is 2.01. The number of hydrogen-bond donors (Lipinski definition) is 0. The van der Waals surface area contributed by atoms with E-state index in [4.69, 9.17) is 11.6 Å². The van der Waals surface area contributed by atoms with Gasteiger partial charge in [-0.1, -0.05) is 19.5 Å². The van der Waals surface area contributed by atoms with Crippen LogP contribution in [0.1, 0.15) is 0 Å². The Morgan fingerprint density at radius 3 is 2.21 bits per heavy atom. The van der Waals surface area contributed by atoms with E-state index in [1.807, 2.05) is 18.2 Å². The standard InChI is InChI=1S/C10H15ClOP2/c1-13(2)9-5-8(11)6-10(7-9)14(3,4)12/h5-7H,1-4H3. The summed E-state index contributed by atoms with van der Waals surface area (Å²) in [5, 5.41) is 2.79. The van der Waals surface area contributed by atoms with Crippen LogP contribution in [0.4, 0.5) is 0 Å². The minimum atomic E-state index is -2.19. The molecule has 0 aliphatic carbocycles. The monoisotopic (exact) mass is 248 g/mol. The van der Waals surface area contributed by atoms with Gasteiger partial charge < -0.3 is 4.57 Å². The average Bonchev–Trinajstić information content (AvgIpc) is 2.01. The fourth-order valence-corrected chi connectivity index (χ4v) is 3.31. The zero-order chi connectivity index (χ0) is 10.9. The molecule has 0 amide bonds. The summed E-state index contributed by atoms with van der Waals surface area (Å²) in [5.74, 6) is 0. The number of halogens is 1. The van der Waals surface area contributed by atoms with Gasteiger partial charge in [-0.3, -0.25) is 0 Å². The van der Waals surface area contributed by atoms with Gasteiger partial charge in [-0.15, -0.1) is 0 Å². The second-order valence-electron chi connectivity index (χ2n) is 3.91. The maximum absolute atomic E-state index is 11.9. The van der Waals surface area contributed by atoms with Gasteiger partial charge >= 0.3 is 0 Å². The molecule has 0 saturated carbocycles. The molecule has 0 saturated heterocycles. The van der Waals surface area contributed by atoms with Crippen molar-refractivity contribution >= 4 is 37.3 Å². The first kappa shape index (κ1) is 12.2. The van der Waals surface area contributed by atoms with E-state index in [2.05, 4.69) is 13.3 Å².